The number of aromatic nitrogens is 1. The Morgan fingerprint density at radius 1 is 1.06 bits per heavy atom. The second kappa shape index (κ2) is 9.48. The molecular formula is C23H24ClN3O5S. The first kappa shape index (κ1) is 23.2. The number of rotatable bonds is 9. The molecule has 33 heavy (non-hydrogen) atoms. The van der Waals surface area contributed by atoms with Crippen LogP contribution in [0, 0.1) is 0 Å². The number of nitrogens with one attached hydrogen (secondary N) is 3. The van der Waals surface area contributed by atoms with E-state index >= 15 is 0 Å². The predicted molar refractivity (Wildman–Crippen MR) is 131 cm³/mol. The summed E-state index contributed by atoms with van der Waals surface area (Å²) >= 11 is 6.07. The third-order valence-corrected chi connectivity index (χ3v) is 5.94. The molecule has 10 heteroatoms. The molecular weight excluding hydrogens is 466 g/mol. The Morgan fingerprint density at radius 2 is 1.79 bits per heavy atom. The molecule has 0 bridgehead atoms. The van der Waals surface area contributed by atoms with E-state index in [4.69, 9.17) is 16.3 Å². The second-order valence-electron chi connectivity index (χ2n) is 7.74. The quantitative estimate of drug-likeness (QED) is 0.180. The lowest BCUT2D eigenvalue weighted by atomic mass is 10.1. The number of benzene rings is 3. The van der Waals surface area contributed by atoms with Crippen LogP contribution in [0.15, 0.2) is 54.6 Å². The van der Waals surface area contributed by atoms with Gasteiger partial charge in [-0.1, -0.05) is 23.7 Å². The maximum atomic E-state index is 11.4. The van der Waals surface area contributed by atoms with Crippen LogP contribution in [0.25, 0.3) is 21.8 Å². The lowest BCUT2D eigenvalue weighted by Gasteiger charge is -2.15. The molecule has 4 rings (SSSR count). The van der Waals surface area contributed by atoms with Crippen LogP contribution in [-0.2, 0) is 10.0 Å². The average molecular weight is 490 g/mol. The Balaban J connectivity index is 1.30. The number of fused-ring (bicyclic) bond motifs is 3. The Hall–Kier alpha value is -2.98. The minimum absolute atomic E-state index is 0.0204. The fraction of sp³-hybridized carbons (Fsp3) is 0.217. The summed E-state index contributed by atoms with van der Waals surface area (Å²) in [6.07, 6.45) is 0.100. The van der Waals surface area contributed by atoms with Gasteiger partial charge in [0.15, 0.2) is 0 Å². The van der Waals surface area contributed by atoms with Crippen molar-refractivity contribution in [3.05, 3.63) is 65.2 Å². The normalized spacial score (nSPS) is 12.8. The Morgan fingerprint density at radius 3 is 2.55 bits per heavy atom. The number of phenolic OH excluding ortho intramolecular Hbond substituents is 1. The maximum absolute atomic E-state index is 11.4. The van der Waals surface area contributed by atoms with Crippen molar-refractivity contribution in [3.8, 4) is 11.5 Å². The van der Waals surface area contributed by atoms with Gasteiger partial charge in [0.1, 0.15) is 18.1 Å². The third-order valence-electron chi connectivity index (χ3n) is 5.12. The summed E-state index contributed by atoms with van der Waals surface area (Å²) in [5.41, 5.74) is 2.41. The van der Waals surface area contributed by atoms with E-state index in [1.165, 1.54) is 18.2 Å². The molecule has 0 fully saturated rings. The predicted octanol–water partition coefficient (Wildman–Crippen LogP) is 3.75. The van der Waals surface area contributed by atoms with Gasteiger partial charge in [0, 0.05) is 40.5 Å². The standard InChI is InChI=1S/C23H24ClN3O5S/c1-33(30,31)27-21-10-14(2-7-22(21)28)23(29)13-25-8-9-32-16-4-6-18-17-5-3-15(24)11-19(17)26-20(18)12-16/h2-7,10-12,23,25-29H,8-9,13H2,1H3/t23-/m1/s1. The summed E-state index contributed by atoms with van der Waals surface area (Å²) in [4.78, 5) is 3.34. The molecule has 0 aliphatic carbocycles. The van der Waals surface area contributed by atoms with Gasteiger partial charge < -0.3 is 25.3 Å². The Labute approximate surface area is 196 Å². The lowest BCUT2D eigenvalue weighted by molar-refractivity contribution is 0.172. The van der Waals surface area contributed by atoms with Crippen LogP contribution < -0.4 is 14.8 Å². The molecule has 4 aromatic rings. The number of aliphatic hydroxyl groups excluding tert-OH is 1. The van der Waals surface area contributed by atoms with Gasteiger partial charge in [0.2, 0.25) is 10.0 Å². The van der Waals surface area contributed by atoms with Crippen LogP contribution in [0.4, 0.5) is 5.69 Å². The summed E-state index contributed by atoms with van der Waals surface area (Å²) in [5.74, 6) is 0.505. The third kappa shape index (κ3) is 5.69. The Kier molecular flexibility index (Phi) is 6.66. The SMILES string of the molecule is CS(=O)(=O)Nc1cc([C@H](O)CNCCOc2ccc3c(c2)[nH]c2cc(Cl)ccc23)ccc1O. The van der Waals surface area contributed by atoms with E-state index in [1.807, 2.05) is 36.4 Å². The van der Waals surface area contributed by atoms with Gasteiger partial charge in [-0.05, 0) is 42.0 Å². The first-order chi connectivity index (χ1) is 15.7. The maximum Gasteiger partial charge on any atom is 0.229 e. The number of phenols is 1. The van der Waals surface area contributed by atoms with E-state index in [1.54, 1.807) is 0 Å². The van der Waals surface area contributed by atoms with Crippen LogP contribution in [0.2, 0.25) is 5.02 Å². The van der Waals surface area contributed by atoms with E-state index in [-0.39, 0.29) is 18.0 Å². The van der Waals surface area contributed by atoms with Gasteiger partial charge in [-0.3, -0.25) is 4.72 Å². The number of aromatic hydroxyl groups is 1. The molecule has 1 heterocycles. The highest BCUT2D eigenvalue weighted by Gasteiger charge is 2.13. The molecule has 1 atom stereocenters. The lowest BCUT2D eigenvalue weighted by Crippen LogP contribution is -2.26. The minimum Gasteiger partial charge on any atom is -0.506 e. The monoisotopic (exact) mass is 489 g/mol. The van der Waals surface area contributed by atoms with Crippen molar-refractivity contribution in [2.24, 2.45) is 0 Å². The van der Waals surface area contributed by atoms with Gasteiger partial charge in [0.05, 0.1) is 23.6 Å². The van der Waals surface area contributed by atoms with Crippen LogP contribution in [-0.4, -0.2) is 49.6 Å². The highest BCUT2D eigenvalue weighted by Crippen LogP contribution is 2.30. The summed E-state index contributed by atoms with van der Waals surface area (Å²) in [6, 6.07) is 15.9. The fourth-order valence-electron chi connectivity index (χ4n) is 3.59. The van der Waals surface area contributed by atoms with Gasteiger partial charge >= 0.3 is 0 Å². The molecule has 1 aromatic heterocycles. The molecule has 0 aliphatic rings. The molecule has 8 nitrogen and oxygen atoms in total. The largest absolute Gasteiger partial charge is 0.506 e. The minimum atomic E-state index is -3.55. The van der Waals surface area contributed by atoms with E-state index < -0.39 is 16.1 Å². The summed E-state index contributed by atoms with van der Waals surface area (Å²) in [7, 11) is -3.55. The molecule has 3 aromatic carbocycles. The van der Waals surface area contributed by atoms with Crippen molar-refractivity contribution < 1.29 is 23.4 Å². The van der Waals surface area contributed by atoms with Crippen molar-refractivity contribution in [2.45, 2.75) is 6.10 Å². The van der Waals surface area contributed by atoms with Crippen LogP contribution in [0.5, 0.6) is 11.5 Å². The van der Waals surface area contributed by atoms with Gasteiger partial charge in [-0.2, -0.15) is 0 Å². The van der Waals surface area contributed by atoms with Crippen LogP contribution >= 0.6 is 11.6 Å². The van der Waals surface area contributed by atoms with Crippen molar-refractivity contribution in [1.82, 2.24) is 10.3 Å². The summed E-state index contributed by atoms with van der Waals surface area (Å²) in [6.45, 7) is 1.11. The molecule has 174 valence electrons. The average Bonchev–Trinajstić information content (AvgIpc) is 3.10. The summed E-state index contributed by atoms with van der Waals surface area (Å²) in [5, 5.41) is 26.2. The summed E-state index contributed by atoms with van der Waals surface area (Å²) < 4.78 is 30.9. The number of ether oxygens (including phenoxy) is 1. The first-order valence-electron chi connectivity index (χ1n) is 10.2. The van der Waals surface area contributed by atoms with Crippen molar-refractivity contribution >= 4 is 49.1 Å². The van der Waals surface area contributed by atoms with Gasteiger partial charge in [-0.25, -0.2) is 8.42 Å². The van der Waals surface area contributed by atoms with Gasteiger partial charge in [-0.15, -0.1) is 0 Å². The zero-order chi connectivity index (χ0) is 23.6. The number of aromatic amines is 1. The van der Waals surface area contributed by atoms with E-state index in [9.17, 15) is 18.6 Å². The molecule has 0 amide bonds. The van der Waals surface area contributed by atoms with Crippen LogP contribution in [0.1, 0.15) is 11.7 Å². The van der Waals surface area contributed by atoms with Gasteiger partial charge in [0.25, 0.3) is 0 Å². The second-order valence-corrected chi connectivity index (χ2v) is 9.93. The number of halogens is 1. The molecule has 0 spiro atoms. The van der Waals surface area contributed by atoms with E-state index in [0.29, 0.717) is 23.7 Å². The molecule has 5 N–H and O–H groups in total. The molecule has 0 unspecified atom stereocenters. The number of hydrogen-bond acceptors (Lipinski definition) is 6. The molecule has 0 radical (unpaired) electrons. The van der Waals surface area contributed by atoms with Crippen molar-refractivity contribution in [3.63, 3.8) is 0 Å². The van der Waals surface area contributed by atoms with Crippen molar-refractivity contribution in [2.75, 3.05) is 30.7 Å². The Bertz CT molecular complexity index is 1400. The molecule has 0 saturated carbocycles. The molecule has 0 saturated heterocycles. The smallest absolute Gasteiger partial charge is 0.229 e. The first-order valence-corrected chi connectivity index (χ1v) is 12.5. The molecule has 0 aliphatic heterocycles. The number of anilines is 1. The number of sulfonamides is 1. The highest BCUT2D eigenvalue weighted by molar-refractivity contribution is 7.92. The van der Waals surface area contributed by atoms with Crippen LogP contribution in [0.3, 0.4) is 0 Å². The topological polar surface area (TPSA) is 124 Å². The highest BCUT2D eigenvalue weighted by atomic mass is 35.5. The van der Waals surface area contributed by atoms with E-state index in [2.05, 4.69) is 15.0 Å². The number of hydrogen-bond donors (Lipinski definition) is 5. The fourth-order valence-corrected chi connectivity index (χ4v) is 4.33. The van der Waals surface area contributed by atoms with E-state index in [0.717, 1.165) is 33.8 Å². The van der Waals surface area contributed by atoms with Crippen molar-refractivity contribution in [1.29, 1.82) is 0 Å². The zero-order valence-electron chi connectivity index (χ0n) is 17.8. The number of H-pyrrole nitrogens is 1. The number of aliphatic hydroxyl groups is 1. The zero-order valence-corrected chi connectivity index (χ0v) is 19.4.